The highest BCUT2D eigenvalue weighted by Gasteiger charge is 2.06. The molecule has 1 aromatic carbocycles. The van der Waals surface area contributed by atoms with Crippen molar-refractivity contribution in [3.05, 3.63) is 23.8 Å². The van der Waals surface area contributed by atoms with E-state index in [1.165, 1.54) is 5.56 Å². The quantitative estimate of drug-likeness (QED) is 0.664. The predicted octanol–water partition coefficient (Wildman–Crippen LogP) is 3.67. The van der Waals surface area contributed by atoms with Gasteiger partial charge in [0, 0.05) is 6.42 Å². The molecule has 20 heavy (non-hydrogen) atoms. The van der Waals surface area contributed by atoms with E-state index in [0.717, 1.165) is 37.2 Å². The normalized spacial score (nSPS) is 10.3. The van der Waals surface area contributed by atoms with Crippen LogP contribution in [0.5, 0.6) is 11.5 Å². The lowest BCUT2D eigenvalue weighted by molar-refractivity contribution is -0.137. The highest BCUT2D eigenvalue weighted by Crippen LogP contribution is 2.29. The van der Waals surface area contributed by atoms with Gasteiger partial charge in [0.05, 0.1) is 13.2 Å². The molecular formula is C16H24O4. The van der Waals surface area contributed by atoms with E-state index in [0.29, 0.717) is 13.2 Å². The summed E-state index contributed by atoms with van der Waals surface area (Å²) in [6.45, 7) is 5.14. The highest BCUT2D eigenvalue weighted by molar-refractivity contribution is 5.66. The van der Waals surface area contributed by atoms with Crippen molar-refractivity contribution in [1.82, 2.24) is 0 Å². The molecule has 0 saturated carbocycles. The Morgan fingerprint density at radius 3 is 2.40 bits per heavy atom. The molecule has 0 unspecified atom stereocenters. The van der Waals surface area contributed by atoms with E-state index in [9.17, 15) is 4.79 Å². The monoisotopic (exact) mass is 280 g/mol. The van der Waals surface area contributed by atoms with Crippen LogP contribution in [0, 0.1) is 0 Å². The standard InChI is InChI=1S/C16H24O4/c1-3-19-14-11-10-13(12-15(14)20-4-2)8-6-5-7-9-16(17)18/h10-12H,3-9H2,1-2H3,(H,17,18). The van der Waals surface area contributed by atoms with Gasteiger partial charge in [-0.3, -0.25) is 4.79 Å². The van der Waals surface area contributed by atoms with E-state index in [1.54, 1.807) is 0 Å². The van der Waals surface area contributed by atoms with Gasteiger partial charge in [0.1, 0.15) is 0 Å². The van der Waals surface area contributed by atoms with E-state index in [2.05, 4.69) is 0 Å². The highest BCUT2D eigenvalue weighted by atomic mass is 16.5. The molecule has 4 nitrogen and oxygen atoms in total. The van der Waals surface area contributed by atoms with Crippen LogP contribution in [0.1, 0.15) is 45.1 Å². The maximum Gasteiger partial charge on any atom is 0.303 e. The Labute approximate surface area is 120 Å². The molecule has 0 spiro atoms. The summed E-state index contributed by atoms with van der Waals surface area (Å²) in [7, 11) is 0. The Hall–Kier alpha value is -1.71. The van der Waals surface area contributed by atoms with E-state index < -0.39 is 5.97 Å². The van der Waals surface area contributed by atoms with Crippen LogP contribution in [0.2, 0.25) is 0 Å². The van der Waals surface area contributed by atoms with Gasteiger partial charge in [0.2, 0.25) is 0 Å². The van der Waals surface area contributed by atoms with Crippen LogP contribution in [0.3, 0.4) is 0 Å². The van der Waals surface area contributed by atoms with Crippen LogP contribution in [0.15, 0.2) is 18.2 Å². The topological polar surface area (TPSA) is 55.8 Å². The van der Waals surface area contributed by atoms with Gasteiger partial charge >= 0.3 is 5.97 Å². The first-order chi connectivity index (χ1) is 9.67. The Morgan fingerprint density at radius 2 is 1.75 bits per heavy atom. The second-order valence-electron chi connectivity index (χ2n) is 4.60. The molecule has 0 aliphatic heterocycles. The number of hydrogen-bond acceptors (Lipinski definition) is 3. The van der Waals surface area contributed by atoms with Gasteiger partial charge in [-0.05, 0) is 50.8 Å². The number of unbranched alkanes of at least 4 members (excludes halogenated alkanes) is 2. The van der Waals surface area contributed by atoms with Crippen LogP contribution in [-0.4, -0.2) is 24.3 Å². The van der Waals surface area contributed by atoms with Crippen molar-refractivity contribution in [2.45, 2.75) is 46.0 Å². The summed E-state index contributed by atoms with van der Waals surface area (Å²) >= 11 is 0. The number of aliphatic carboxylic acids is 1. The number of carbonyl (C=O) groups is 1. The summed E-state index contributed by atoms with van der Waals surface area (Å²) in [6.07, 6.45) is 3.86. The summed E-state index contributed by atoms with van der Waals surface area (Å²) in [4.78, 5) is 10.4. The van der Waals surface area contributed by atoms with Crippen molar-refractivity contribution in [3.63, 3.8) is 0 Å². The molecule has 0 radical (unpaired) electrons. The van der Waals surface area contributed by atoms with E-state index in [4.69, 9.17) is 14.6 Å². The zero-order valence-corrected chi connectivity index (χ0v) is 12.4. The van der Waals surface area contributed by atoms with Crippen LogP contribution in [0.25, 0.3) is 0 Å². The van der Waals surface area contributed by atoms with Crippen molar-refractivity contribution in [3.8, 4) is 11.5 Å². The Balaban J connectivity index is 2.49. The van der Waals surface area contributed by atoms with Crippen LogP contribution in [-0.2, 0) is 11.2 Å². The first-order valence-corrected chi connectivity index (χ1v) is 7.27. The number of carboxylic acid groups (broad SMARTS) is 1. The van der Waals surface area contributed by atoms with E-state index in [-0.39, 0.29) is 6.42 Å². The molecule has 0 bridgehead atoms. The fourth-order valence-corrected chi connectivity index (χ4v) is 2.03. The first-order valence-electron chi connectivity index (χ1n) is 7.27. The molecule has 1 N–H and O–H groups in total. The summed E-state index contributed by atoms with van der Waals surface area (Å²) in [5.74, 6) is 0.853. The molecule has 0 amide bonds. The lowest BCUT2D eigenvalue weighted by Crippen LogP contribution is -1.99. The van der Waals surface area contributed by atoms with Crippen molar-refractivity contribution in [1.29, 1.82) is 0 Å². The summed E-state index contributed by atoms with van der Waals surface area (Å²) in [6, 6.07) is 6.01. The van der Waals surface area contributed by atoms with E-state index >= 15 is 0 Å². The van der Waals surface area contributed by atoms with Gasteiger partial charge < -0.3 is 14.6 Å². The molecular weight excluding hydrogens is 256 g/mol. The third-order valence-electron chi connectivity index (χ3n) is 2.96. The predicted molar refractivity (Wildman–Crippen MR) is 78.6 cm³/mol. The number of rotatable bonds is 10. The van der Waals surface area contributed by atoms with E-state index in [1.807, 2.05) is 32.0 Å². The minimum absolute atomic E-state index is 0.257. The molecule has 0 aliphatic carbocycles. The Kier molecular flexibility index (Phi) is 7.55. The molecule has 1 aromatic rings. The van der Waals surface area contributed by atoms with Crippen LogP contribution < -0.4 is 9.47 Å². The molecule has 112 valence electrons. The van der Waals surface area contributed by atoms with Crippen molar-refractivity contribution < 1.29 is 19.4 Å². The molecule has 0 heterocycles. The number of hydrogen-bond donors (Lipinski definition) is 1. The number of carboxylic acids is 1. The van der Waals surface area contributed by atoms with Gasteiger partial charge in [0.15, 0.2) is 11.5 Å². The van der Waals surface area contributed by atoms with Gasteiger partial charge in [-0.1, -0.05) is 12.5 Å². The SMILES string of the molecule is CCOc1ccc(CCCCCC(=O)O)cc1OCC. The van der Waals surface area contributed by atoms with Gasteiger partial charge in [-0.15, -0.1) is 0 Å². The number of benzene rings is 1. The molecule has 0 saturated heterocycles. The molecule has 0 aliphatic rings. The Morgan fingerprint density at radius 1 is 1.05 bits per heavy atom. The minimum atomic E-state index is -0.718. The van der Waals surface area contributed by atoms with Crippen LogP contribution >= 0.6 is 0 Å². The van der Waals surface area contributed by atoms with Crippen molar-refractivity contribution in [2.24, 2.45) is 0 Å². The fraction of sp³-hybridized carbons (Fsp3) is 0.562. The molecule has 0 fully saturated rings. The average Bonchev–Trinajstić information content (AvgIpc) is 2.41. The second-order valence-corrected chi connectivity index (χ2v) is 4.60. The van der Waals surface area contributed by atoms with Crippen LogP contribution in [0.4, 0.5) is 0 Å². The van der Waals surface area contributed by atoms with Gasteiger partial charge in [-0.2, -0.15) is 0 Å². The molecule has 4 heteroatoms. The maximum absolute atomic E-state index is 10.4. The summed E-state index contributed by atoms with van der Waals surface area (Å²) in [5.41, 5.74) is 1.20. The van der Waals surface area contributed by atoms with Gasteiger partial charge in [0.25, 0.3) is 0 Å². The second kappa shape index (κ2) is 9.23. The summed E-state index contributed by atoms with van der Waals surface area (Å²) < 4.78 is 11.1. The fourth-order valence-electron chi connectivity index (χ4n) is 2.03. The minimum Gasteiger partial charge on any atom is -0.490 e. The summed E-state index contributed by atoms with van der Waals surface area (Å²) in [5, 5.41) is 8.58. The number of ether oxygens (including phenoxy) is 2. The third-order valence-corrected chi connectivity index (χ3v) is 2.96. The van der Waals surface area contributed by atoms with Crippen molar-refractivity contribution >= 4 is 5.97 Å². The van der Waals surface area contributed by atoms with Gasteiger partial charge in [-0.25, -0.2) is 0 Å². The largest absolute Gasteiger partial charge is 0.490 e. The van der Waals surface area contributed by atoms with Crippen molar-refractivity contribution in [2.75, 3.05) is 13.2 Å². The zero-order chi connectivity index (χ0) is 14.8. The molecule has 0 aromatic heterocycles. The zero-order valence-electron chi connectivity index (χ0n) is 12.4. The molecule has 1 rings (SSSR count). The maximum atomic E-state index is 10.4. The molecule has 0 atom stereocenters. The first kappa shape index (κ1) is 16.3. The average molecular weight is 280 g/mol. The lowest BCUT2D eigenvalue weighted by atomic mass is 10.1. The lowest BCUT2D eigenvalue weighted by Gasteiger charge is -2.12. The smallest absolute Gasteiger partial charge is 0.303 e. The number of aryl methyl sites for hydroxylation is 1. The Bertz CT molecular complexity index is 415. The third kappa shape index (κ3) is 5.95.